The van der Waals surface area contributed by atoms with E-state index in [2.05, 4.69) is 75.0 Å². The Morgan fingerprint density at radius 3 is 2.22 bits per heavy atom. The van der Waals surface area contributed by atoms with Crippen molar-refractivity contribution in [2.45, 2.75) is 13.8 Å². The fourth-order valence-electron chi connectivity index (χ4n) is 2.06. The van der Waals surface area contributed by atoms with Gasteiger partial charge in [0.2, 0.25) is 0 Å². The Bertz CT molecular complexity index is 574. The number of aryl methyl sites for hydroxylation is 1. The van der Waals surface area contributed by atoms with Crippen LogP contribution in [0.2, 0.25) is 0 Å². The second-order valence-electron chi connectivity index (χ2n) is 4.53. The molecule has 2 aromatic carbocycles. The Labute approximate surface area is 109 Å². The van der Waals surface area contributed by atoms with Gasteiger partial charge >= 0.3 is 0 Å². The number of allylic oxidation sites excluding steroid dienone is 3. The van der Waals surface area contributed by atoms with Gasteiger partial charge in [0, 0.05) is 0 Å². The largest absolute Gasteiger partial charge is 0.0911 e. The molecule has 0 heterocycles. The van der Waals surface area contributed by atoms with Crippen molar-refractivity contribution in [3.05, 3.63) is 83.9 Å². The smallest absolute Gasteiger partial charge is 0.0161 e. The second kappa shape index (κ2) is 5.50. The molecule has 2 aromatic rings. The Kier molecular flexibility index (Phi) is 3.78. The summed E-state index contributed by atoms with van der Waals surface area (Å²) >= 11 is 0. The zero-order valence-electron chi connectivity index (χ0n) is 11.0. The molecule has 0 fully saturated rings. The predicted octanol–water partition coefficient (Wildman–Crippen LogP) is 5.11. The minimum absolute atomic E-state index is 1.06. The van der Waals surface area contributed by atoms with Gasteiger partial charge in [0.1, 0.15) is 0 Å². The van der Waals surface area contributed by atoms with Crippen molar-refractivity contribution in [3.8, 4) is 0 Å². The predicted molar refractivity (Wildman–Crippen MR) is 80.3 cm³/mol. The van der Waals surface area contributed by atoms with Crippen LogP contribution in [0.15, 0.2) is 67.3 Å². The molecule has 0 unspecified atom stereocenters. The maximum Gasteiger partial charge on any atom is -0.0161 e. The van der Waals surface area contributed by atoms with E-state index >= 15 is 0 Å². The molecule has 0 spiro atoms. The number of hydrogen-bond acceptors (Lipinski definition) is 0. The molecule has 18 heavy (non-hydrogen) atoms. The van der Waals surface area contributed by atoms with Crippen molar-refractivity contribution >= 4 is 11.1 Å². The molecule has 0 aliphatic heterocycles. The summed E-state index contributed by atoms with van der Waals surface area (Å²) < 4.78 is 0. The van der Waals surface area contributed by atoms with Gasteiger partial charge in [-0.2, -0.15) is 0 Å². The number of hydrogen-bond donors (Lipinski definition) is 0. The van der Waals surface area contributed by atoms with Gasteiger partial charge in [0.05, 0.1) is 0 Å². The molecule has 0 N–H and O–H groups in total. The Morgan fingerprint density at radius 1 is 0.944 bits per heavy atom. The Hall–Kier alpha value is -2.08. The van der Waals surface area contributed by atoms with Gasteiger partial charge in [-0.15, -0.1) is 0 Å². The first-order valence-electron chi connectivity index (χ1n) is 6.17. The summed E-state index contributed by atoms with van der Waals surface area (Å²) in [4.78, 5) is 0. The van der Waals surface area contributed by atoms with E-state index in [4.69, 9.17) is 0 Å². The van der Waals surface area contributed by atoms with Crippen molar-refractivity contribution in [1.29, 1.82) is 0 Å². The van der Waals surface area contributed by atoms with E-state index in [-0.39, 0.29) is 0 Å². The molecule has 90 valence electrons. The van der Waals surface area contributed by atoms with Gasteiger partial charge in [-0.1, -0.05) is 67.3 Å². The summed E-state index contributed by atoms with van der Waals surface area (Å²) in [7, 11) is 0. The minimum atomic E-state index is 1.06. The van der Waals surface area contributed by atoms with Crippen molar-refractivity contribution in [3.63, 3.8) is 0 Å². The van der Waals surface area contributed by atoms with Crippen LogP contribution in [0.25, 0.3) is 11.1 Å². The van der Waals surface area contributed by atoms with Gasteiger partial charge in [-0.3, -0.25) is 0 Å². The topological polar surface area (TPSA) is 0 Å². The molecule has 0 aromatic heterocycles. The molecule has 0 aliphatic rings. The summed E-state index contributed by atoms with van der Waals surface area (Å²) in [6.07, 6.45) is 2.15. The molecule has 0 saturated carbocycles. The molecule has 2 rings (SSSR count). The highest BCUT2D eigenvalue weighted by Gasteiger charge is 2.01. The van der Waals surface area contributed by atoms with Crippen LogP contribution in [0.5, 0.6) is 0 Å². The molecule has 0 heteroatoms. The lowest BCUT2D eigenvalue weighted by molar-refractivity contribution is 1.43. The molecular weight excluding hydrogens is 216 g/mol. The SMILES string of the molecule is C=C(/C=C(\C)c1ccccc1)c1ccccc1C. The van der Waals surface area contributed by atoms with E-state index in [9.17, 15) is 0 Å². The fraction of sp³-hybridized carbons (Fsp3) is 0.111. The maximum atomic E-state index is 4.17. The van der Waals surface area contributed by atoms with Crippen LogP contribution in [0.3, 0.4) is 0 Å². The van der Waals surface area contributed by atoms with Gasteiger partial charge in [0.15, 0.2) is 0 Å². The van der Waals surface area contributed by atoms with Crippen LogP contribution in [0, 0.1) is 6.92 Å². The maximum absolute atomic E-state index is 4.17. The molecule has 0 atom stereocenters. The Morgan fingerprint density at radius 2 is 1.56 bits per heavy atom. The zero-order valence-corrected chi connectivity index (χ0v) is 11.0. The van der Waals surface area contributed by atoms with Crippen molar-refractivity contribution in [1.82, 2.24) is 0 Å². The van der Waals surface area contributed by atoms with Gasteiger partial charge in [-0.25, -0.2) is 0 Å². The van der Waals surface area contributed by atoms with E-state index in [1.54, 1.807) is 0 Å². The van der Waals surface area contributed by atoms with Crippen LogP contribution in [-0.2, 0) is 0 Å². The first-order valence-corrected chi connectivity index (χ1v) is 6.17. The molecule has 0 aliphatic carbocycles. The zero-order chi connectivity index (χ0) is 13.0. The molecule has 0 saturated heterocycles. The summed E-state index contributed by atoms with van der Waals surface area (Å²) in [5.41, 5.74) is 6.03. The molecule has 0 bridgehead atoms. The van der Waals surface area contributed by atoms with E-state index in [1.807, 2.05) is 6.07 Å². The van der Waals surface area contributed by atoms with E-state index in [0.29, 0.717) is 0 Å². The summed E-state index contributed by atoms with van der Waals surface area (Å²) in [5.74, 6) is 0. The highest BCUT2D eigenvalue weighted by Crippen LogP contribution is 2.22. The first-order chi connectivity index (χ1) is 8.68. The van der Waals surface area contributed by atoms with Crippen molar-refractivity contribution in [2.24, 2.45) is 0 Å². The third-order valence-corrected chi connectivity index (χ3v) is 3.11. The van der Waals surface area contributed by atoms with Crippen molar-refractivity contribution in [2.75, 3.05) is 0 Å². The lowest BCUT2D eigenvalue weighted by atomic mass is 9.98. The fourth-order valence-corrected chi connectivity index (χ4v) is 2.06. The number of benzene rings is 2. The molecular formula is C18H18. The van der Waals surface area contributed by atoms with Gasteiger partial charge in [-0.05, 0) is 41.7 Å². The van der Waals surface area contributed by atoms with Crippen molar-refractivity contribution < 1.29 is 0 Å². The standard InChI is InChI=1S/C18H18/c1-14-9-7-8-12-18(14)16(3)13-15(2)17-10-5-4-6-11-17/h4-13H,3H2,1-2H3/b15-13+. The average Bonchev–Trinajstić information content (AvgIpc) is 2.40. The average molecular weight is 234 g/mol. The van der Waals surface area contributed by atoms with Gasteiger partial charge < -0.3 is 0 Å². The lowest BCUT2D eigenvalue weighted by Gasteiger charge is -2.07. The van der Waals surface area contributed by atoms with Gasteiger partial charge in [0.25, 0.3) is 0 Å². The Balaban J connectivity index is 2.29. The third kappa shape index (κ3) is 2.78. The summed E-state index contributed by atoms with van der Waals surface area (Å²) in [5, 5.41) is 0. The van der Waals surface area contributed by atoms with E-state index in [0.717, 1.165) is 5.57 Å². The first kappa shape index (κ1) is 12.4. The highest BCUT2D eigenvalue weighted by molar-refractivity contribution is 5.83. The van der Waals surface area contributed by atoms with Crippen LogP contribution < -0.4 is 0 Å². The normalized spacial score (nSPS) is 11.3. The molecule has 0 nitrogen and oxygen atoms in total. The monoisotopic (exact) mass is 234 g/mol. The third-order valence-electron chi connectivity index (χ3n) is 3.11. The summed E-state index contributed by atoms with van der Waals surface area (Å²) in [6.45, 7) is 8.42. The van der Waals surface area contributed by atoms with Crippen LogP contribution in [0.1, 0.15) is 23.6 Å². The van der Waals surface area contributed by atoms with Crippen LogP contribution in [-0.4, -0.2) is 0 Å². The van der Waals surface area contributed by atoms with E-state index < -0.39 is 0 Å². The van der Waals surface area contributed by atoms with Crippen LogP contribution in [0.4, 0.5) is 0 Å². The van der Waals surface area contributed by atoms with Crippen LogP contribution >= 0.6 is 0 Å². The van der Waals surface area contributed by atoms with E-state index in [1.165, 1.54) is 22.3 Å². The molecule has 0 radical (unpaired) electrons. The quantitative estimate of drug-likeness (QED) is 0.647. The minimum Gasteiger partial charge on any atom is -0.0911 e. The summed E-state index contributed by atoms with van der Waals surface area (Å²) in [6, 6.07) is 18.7. The lowest BCUT2D eigenvalue weighted by Crippen LogP contribution is -1.86. The number of rotatable bonds is 3. The second-order valence-corrected chi connectivity index (χ2v) is 4.53. The highest BCUT2D eigenvalue weighted by atomic mass is 14.1. The molecule has 0 amide bonds.